The number of hydrogen-bond donors (Lipinski definition) is 1. The molecular weight excluding hydrogens is 392 g/mol. The number of ether oxygens (including phenoxy) is 1. The highest BCUT2D eigenvalue weighted by molar-refractivity contribution is 6.11. The van der Waals surface area contributed by atoms with E-state index in [0.29, 0.717) is 34.9 Å². The lowest BCUT2D eigenvalue weighted by Gasteiger charge is -2.22. The predicted molar refractivity (Wildman–Crippen MR) is 121 cm³/mol. The minimum Gasteiger partial charge on any atom is -0.489 e. The molecule has 7 nitrogen and oxygen atoms in total. The first-order valence-electron chi connectivity index (χ1n) is 11.0. The molecular formula is C24H28N4O3. The number of hydrogen-bond acceptors (Lipinski definition) is 5. The predicted octanol–water partition coefficient (Wildman–Crippen LogP) is 4.58. The van der Waals surface area contributed by atoms with Gasteiger partial charge in [0.05, 0.1) is 18.0 Å². The summed E-state index contributed by atoms with van der Waals surface area (Å²) in [7, 11) is 0. The van der Waals surface area contributed by atoms with E-state index < -0.39 is 5.91 Å². The Hall–Kier alpha value is -3.22. The Bertz CT molecular complexity index is 1130. The van der Waals surface area contributed by atoms with Crippen LogP contribution in [0.25, 0.3) is 10.8 Å². The maximum absolute atomic E-state index is 13.2. The van der Waals surface area contributed by atoms with E-state index in [9.17, 15) is 9.59 Å². The van der Waals surface area contributed by atoms with Crippen molar-refractivity contribution in [3.63, 3.8) is 0 Å². The molecule has 4 rings (SSSR count). The minimum atomic E-state index is -0.424. The molecule has 162 valence electrons. The van der Waals surface area contributed by atoms with Gasteiger partial charge in [0.15, 0.2) is 17.3 Å². The second-order valence-electron chi connectivity index (χ2n) is 8.36. The SMILES string of the molecule is CC(C)n1nc(C(=O)Nc2ncccc2OCC2CCCCC2)c2ccccc2c1=O. The van der Waals surface area contributed by atoms with Crippen LogP contribution in [-0.4, -0.2) is 27.3 Å². The van der Waals surface area contributed by atoms with E-state index in [1.807, 2.05) is 19.9 Å². The van der Waals surface area contributed by atoms with Crippen molar-refractivity contribution in [2.45, 2.75) is 52.0 Å². The number of amides is 1. The molecule has 0 bridgehead atoms. The molecule has 1 saturated carbocycles. The van der Waals surface area contributed by atoms with Gasteiger partial charge >= 0.3 is 0 Å². The van der Waals surface area contributed by atoms with Gasteiger partial charge in [-0.2, -0.15) is 5.10 Å². The van der Waals surface area contributed by atoms with Gasteiger partial charge in [-0.3, -0.25) is 9.59 Å². The van der Waals surface area contributed by atoms with Crippen LogP contribution in [0.5, 0.6) is 5.75 Å². The maximum atomic E-state index is 13.2. The second kappa shape index (κ2) is 9.29. The van der Waals surface area contributed by atoms with Crippen LogP contribution in [0.4, 0.5) is 5.82 Å². The van der Waals surface area contributed by atoms with Gasteiger partial charge in [0.1, 0.15) is 0 Å². The Morgan fingerprint density at radius 3 is 2.61 bits per heavy atom. The summed E-state index contributed by atoms with van der Waals surface area (Å²) in [6, 6.07) is 10.5. The van der Waals surface area contributed by atoms with Gasteiger partial charge in [-0.1, -0.05) is 37.5 Å². The van der Waals surface area contributed by atoms with Crippen molar-refractivity contribution in [1.29, 1.82) is 0 Å². The van der Waals surface area contributed by atoms with E-state index in [4.69, 9.17) is 4.74 Å². The quantitative estimate of drug-likeness (QED) is 0.631. The van der Waals surface area contributed by atoms with Gasteiger partial charge in [-0.15, -0.1) is 0 Å². The summed E-state index contributed by atoms with van der Waals surface area (Å²) < 4.78 is 7.37. The monoisotopic (exact) mass is 420 g/mol. The molecule has 1 N–H and O–H groups in total. The van der Waals surface area contributed by atoms with E-state index >= 15 is 0 Å². The fraction of sp³-hybridized carbons (Fsp3) is 0.417. The Kier molecular flexibility index (Phi) is 6.30. The van der Waals surface area contributed by atoms with Crippen molar-refractivity contribution in [2.75, 3.05) is 11.9 Å². The molecule has 1 aliphatic carbocycles. The standard InChI is InChI=1S/C24H28N4O3/c1-16(2)28-24(30)19-12-7-6-11-18(19)21(27-28)23(29)26-22-20(13-8-14-25-22)31-15-17-9-4-3-5-10-17/h6-8,11-14,16-17H,3-5,9-10,15H2,1-2H3,(H,25,26,29). The fourth-order valence-corrected chi connectivity index (χ4v) is 4.05. The molecule has 1 fully saturated rings. The Balaban J connectivity index is 1.61. The van der Waals surface area contributed by atoms with E-state index in [1.54, 1.807) is 36.5 Å². The number of benzene rings is 1. The third-order valence-corrected chi connectivity index (χ3v) is 5.73. The number of carbonyl (C=O) groups is 1. The molecule has 2 heterocycles. The van der Waals surface area contributed by atoms with Crippen molar-refractivity contribution >= 4 is 22.5 Å². The average molecular weight is 421 g/mol. The molecule has 1 amide bonds. The number of carbonyl (C=O) groups excluding carboxylic acids is 1. The van der Waals surface area contributed by atoms with Crippen LogP contribution in [0.3, 0.4) is 0 Å². The summed E-state index contributed by atoms with van der Waals surface area (Å²) in [6.07, 6.45) is 7.75. The van der Waals surface area contributed by atoms with Crippen molar-refractivity contribution in [3.8, 4) is 5.75 Å². The Morgan fingerprint density at radius 1 is 1.13 bits per heavy atom. The highest BCUT2D eigenvalue weighted by atomic mass is 16.5. The molecule has 31 heavy (non-hydrogen) atoms. The normalized spacial score (nSPS) is 14.7. The highest BCUT2D eigenvalue weighted by Gasteiger charge is 2.20. The molecule has 3 aromatic rings. The van der Waals surface area contributed by atoms with E-state index in [-0.39, 0.29) is 17.3 Å². The number of pyridine rings is 1. The molecule has 0 atom stereocenters. The van der Waals surface area contributed by atoms with Crippen LogP contribution in [0.2, 0.25) is 0 Å². The molecule has 1 aliphatic rings. The number of rotatable bonds is 6. The summed E-state index contributed by atoms with van der Waals surface area (Å²) in [5.74, 6) is 1.02. The Labute approximate surface area is 181 Å². The molecule has 0 aliphatic heterocycles. The van der Waals surface area contributed by atoms with Gasteiger partial charge in [0, 0.05) is 11.6 Å². The minimum absolute atomic E-state index is 0.173. The lowest BCUT2D eigenvalue weighted by atomic mass is 9.90. The summed E-state index contributed by atoms with van der Waals surface area (Å²) in [5.41, 5.74) is -0.0238. The molecule has 7 heteroatoms. The zero-order chi connectivity index (χ0) is 21.8. The summed E-state index contributed by atoms with van der Waals surface area (Å²) >= 11 is 0. The lowest BCUT2D eigenvalue weighted by molar-refractivity contribution is 0.102. The van der Waals surface area contributed by atoms with Crippen LogP contribution in [-0.2, 0) is 0 Å². The molecule has 0 radical (unpaired) electrons. The topological polar surface area (TPSA) is 86.1 Å². The van der Waals surface area contributed by atoms with Crippen LogP contribution >= 0.6 is 0 Å². The lowest BCUT2D eigenvalue weighted by Crippen LogP contribution is -2.29. The first-order valence-corrected chi connectivity index (χ1v) is 11.0. The largest absolute Gasteiger partial charge is 0.489 e. The van der Waals surface area contributed by atoms with E-state index in [2.05, 4.69) is 15.4 Å². The number of anilines is 1. The summed E-state index contributed by atoms with van der Waals surface area (Å²) in [4.78, 5) is 30.2. The van der Waals surface area contributed by atoms with Crippen LogP contribution < -0.4 is 15.6 Å². The van der Waals surface area contributed by atoms with Crippen LogP contribution in [0.1, 0.15) is 62.5 Å². The molecule has 0 unspecified atom stereocenters. The van der Waals surface area contributed by atoms with Crippen LogP contribution in [0, 0.1) is 5.92 Å². The van der Waals surface area contributed by atoms with Crippen molar-refractivity contribution < 1.29 is 9.53 Å². The molecule has 1 aromatic carbocycles. The number of fused-ring (bicyclic) bond motifs is 1. The van der Waals surface area contributed by atoms with Crippen LogP contribution in [0.15, 0.2) is 47.4 Å². The number of nitrogens with one attached hydrogen (secondary N) is 1. The zero-order valence-corrected chi connectivity index (χ0v) is 18.0. The van der Waals surface area contributed by atoms with Gasteiger partial charge in [-0.25, -0.2) is 9.67 Å². The Morgan fingerprint density at radius 2 is 1.87 bits per heavy atom. The zero-order valence-electron chi connectivity index (χ0n) is 18.0. The molecule has 0 spiro atoms. The third kappa shape index (κ3) is 4.60. The molecule has 2 aromatic heterocycles. The van der Waals surface area contributed by atoms with Gasteiger partial charge in [0.2, 0.25) is 0 Å². The second-order valence-corrected chi connectivity index (χ2v) is 8.36. The van der Waals surface area contributed by atoms with Crippen molar-refractivity contribution in [1.82, 2.24) is 14.8 Å². The fourth-order valence-electron chi connectivity index (χ4n) is 4.05. The van der Waals surface area contributed by atoms with Gasteiger partial charge in [-0.05, 0) is 50.8 Å². The third-order valence-electron chi connectivity index (χ3n) is 5.73. The smallest absolute Gasteiger partial charge is 0.278 e. The van der Waals surface area contributed by atoms with Gasteiger partial charge < -0.3 is 10.1 Å². The van der Waals surface area contributed by atoms with Crippen molar-refractivity contribution in [2.24, 2.45) is 5.92 Å². The first kappa shape index (κ1) is 21.0. The first-order chi connectivity index (χ1) is 15.0. The van der Waals surface area contributed by atoms with E-state index in [1.165, 1.54) is 36.8 Å². The number of aromatic nitrogens is 3. The molecule has 0 saturated heterocycles. The number of nitrogens with zero attached hydrogens (tertiary/aromatic N) is 3. The summed E-state index contributed by atoms with van der Waals surface area (Å²) in [6.45, 7) is 4.34. The van der Waals surface area contributed by atoms with Gasteiger partial charge in [0.25, 0.3) is 11.5 Å². The average Bonchev–Trinajstić information content (AvgIpc) is 2.79. The van der Waals surface area contributed by atoms with Crippen molar-refractivity contribution in [3.05, 3.63) is 58.6 Å². The van der Waals surface area contributed by atoms with E-state index in [0.717, 1.165) is 0 Å². The summed E-state index contributed by atoms with van der Waals surface area (Å²) in [5, 5.41) is 8.19. The highest BCUT2D eigenvalue weighted by Crippen LogP contribution is 2.27. The maximum Gasteiger partial charge on any atom is 0.278 e.